The number of anilines is 3. The van der Waals surface area contributed by atoms with Gasteiger partial charge < -0.3 is 69.2 Å². The zero-order chi connectivity index (χ0) is 45.0. The summed E-state index contributed by atoms with van der Waals surface area (Å²) in [4.78, 5) is 112. The maximum atomic E-state index is 13.2. The van der Waals surface area contributed by atoms with Crippen LogP contribution in [-0.4, -0.2) is 48.5 Å². The highest BCUT2D eigenvalue weighted by molar-refractivity contribution is 7.64. The number of carboxylic acid groups (broad SMARTS) is 1. The van der Waals surface area contributed by atoms with E-state index in [9.17, 15) is 62.3 Å². The zero-order valence-electron chi connectivity index (χ0n) is 32.4. The fourth-order valence-electron chi connectivity index (χ4n) is 7.47. The molecule has 6 rings (SSSR count). The van der Waals surface area contributed by atoms with Gasteiger partial charge in [0, 0.05) is 55.1 Å². The number of carbonyl (C=O) groups excluding carboxylic acids is 3. The molecule has 2 aromatic heterocycles. The Kier molecular flexibility index (Phi) is 14.3. The SMILES string of the molecule is Nc1cc2c(c(=O)[nH]1)C(C#CCNC(=O)CCCCC(=O)Nc1ccc3oc4c(CC(=O)[O-])cccc4c(=O)c3c1)CN2C1CCC(COP(=O)([O-])OP(=O)([O-])OP(=O)([O-])[O-])C1. The minimum Gasteiger partial charge on any atom is -0.790 e. The van der Waals surface area contributed by atoms with Gasteiger partial charge in [-0.3, -0.25) is 32.6 Å². The highest BCUT2D eigenvalue weighted by atomic mass is 31.3. The maximum absolute atomic E-state index is 13.2. The van der Waals surface area contributed by atoms with E-state index in [-0.39, 0.29) is 71.5 Å². The summed E-state index contributed by atoms with van der Waals surface area (Å²) in [5, 5.41) is 16.9. The van der Waals surface area contributed by atoms with Crippen molar-refractivity contribution in [2.24, 2.45) is 5.92 Å². The molecule has 1 aliphatic carbocycles. The van der Waals surface area contributed by atoms with E-state index in [4.69, 9.17) is 10.2 Å². The Morgan fingerprint density at radius 2 is 1.69 bits per heavy atom. The molecule has 0 saturated heterocycles. The molecule has 5 atom stereocenters. The molecular formula is C37H37N5O17P3-5. The largest absolute Gasteiger partial charge is 0.790 e. The molecule has 2 aliphatic rings. The summed E-state index contributed by atoms with van der Waals surface area (Å²) < 4.78 is 51.3. The summed E-state index contributed by atoms with van der Waals surface area (Å²) in [6.45, 7) is -0.322. The van der Waals surface area contributed by atoms with E-state index in [1.165, 1.54) is 24.3 Å². The molecule has 3 heterocycles. The van der Waals surface area contributed by atoms with Crippen molar-refractivity contribution in [1.29, 1.82) is 0 Å². The van der Waals surface area contributed by atoms with Gasteiger partial charge in [-0.05, 0) is 62.3 Å². The lowest BCUT2D eigenvalue weighted by atomic mass is 10.0. The van der Waals surface area contributed by atoms with Gasteiger partial charge in [-0.1, -0.05) is 24.0 Å². The first-order valence-electron chi connectivity index (χ1n) is 18.9. The molecular weight excluding hydrogens is 879 g/mol. The van der Waals surface area contributed by atoms with Crippen LogP contribution in [-0.2, 0) is 47.6 Å². The number of carbonyl (C=O) groups is 3. The third-order valence-corrected chi connectivity index (χ3v) is 13.7. The number of aromatic nitrogens is 1. The second kappa shape index (κ2) is 19.1. The highest BCUT2D eigenvalue weighted by Crippen LogP contribution is 2.60. The number of nitrogen functional groups attached to an aromatic ring is 1. The van der Waals surface area contributed by atoms with E-state index in [2.05, 4.69) is 40.6 Å². The molecule has 0 radical (unpaired) electrons. The fourth-order valence-corrected chi connectivity index (χ4v) is 10.4. The summed E-state index contributed by atoms with van der Waals surface area (Å²) in [7, 11) is -17.9. The van der Waals surface area contributed by atoms with Crippen molar-refractivity contribution in [1.82, 2.24) is 10.3 Å². The Morgan fingerprint density at radius 3 is 2.42 bits per heavy atom. The number of benzene rings is 2. The summed E-state index contributed by atoms with van der Waals surface area (Å²) in [6.07, 6.45) is 1.74. The van der Waals surface area contributed by atoms with Crippen molar-refractivity contribution in [2.45, 2.75) is 63.3 Å². The van der Waals surface area contributed by atoms with Crippen LogP contribution in [0.4, 0.5) is 17.2 Å². The van der Waals surface area contributed by atoms with E-state index < -0.39 is 65.3 Å². The molecule has 1 saturated carbocycles. The number of fused-ring (bicyclic) bond motifs is 3. The molecule has 1 fully saturated rings. The normalized spacial score (nSPS) is 19.3. The second-order valence-electron chi connectivity index (χ2n) is 14.5. The molecule has 62 heavy (non-hydrogen) atoms. The zero-order valence-corrected chi connectivity index (χ0v) is 35.0. The van der Waals surface area contributed by atoms with Crippen LogP contribution < -0.4 is 56.9 Å². The van der Waals surface area contributed by atoms with Crippen molar-refractivity contribution in [3.63, 3.8) is 0 Å². The molecule has 332 valence electrons. The minimum atomic E-state index is -6.13. The third kappa shape index (κ3) is 12.1. The number of H-pyrrole nitrogens is 1. The molecule has 2 aromatic carbocycles. The van der Waals surface area contributed by atoms with Crippen LogP contribution in [0.3, 0.4) is 0 Å². The number of phosphoric ester groups is 1. The Morgan fingerprint density at radius 1 is 0.952 bits per heavy atom. The number of hydrogen-bond acceptors (Lipinski definition) is 19. The molecule has 25 heteroatoms. The first kappa shape index (κ1) is 46.3. The standard InChI is InChI=1S/C37H42N5O17P3/c38-30-18-28-34(37(48)41-30)23(19-42(28)25-12-10-21(15-25)20-56-61(52,53)59-62(54,55)58-60(49,50)51)6-4-14-39-31(43)8-1-2-9-32(44)40-24-11-13-29-27(17-24)35(47)26-7-3-5-22(16-33(45)46)36(26)57-29/h3,5,7,11,13,17-18,21,23,25H,1-2,8-10,12,14-16,19-20H2,(H,39,43)(H,40,44)(H,45,46)(H,52,53)(H,54,55)(H3,38,41,48)(H2,49,50,51)/p-5. The number of nitrogens with zero attached hydrogens (tertiary/aromatic N) is 1. The van der Waals surface area contributed by atoms with E-state index in [0.717, 1.165) is 0 Å². The van der Waals surface area contributed by atoms with Gasteiger partial charge in [-0.2, -0.15) is 0 Å². The Hall–Kier alpha value is -5.16. The summed E-state index contributed by atoms with van der Waals surface area (Å²) >= 11 is 0. The predicted molar refractivity (Wildman–Crippen MR) is 210 cm³/mol. The minimum absolute atomic E-state index is 0.0377. The van der Waals surface area contributed by atoms with Crippen molar-refractivity contribution >= 4 is 80.4 Å². The Labute approximate surface area is 351 Å². The molecule has 4 aromatic rings. The molecule has 0 bridgehead atoms. The predicted octanol–water partition coefficient (Wildman–Crippen LogP) is -0.285. The topological polar surface area (TPSA) is 362 Å². The van der Waals surface area contributed by atoms with Gasteiger partial charge in [0.1, 0.15) is 17.0 Å². The van der Waals surface area contributed by atoms with Crippen molar-refractivity contribution < 1.29 is 70.3 Å². The van der Waals surface area contributed by atoms with Crippen molar-refractivity contribution in [3.8, 4) is 11.8 Å². The number of amides is 2. The van der Waals surface area contributed by atoms with Crippen LogP contribution in [0.5, 0.6) is 0 Å². The number of rotatable bonds is 17. The molecule has 2 amide bonds. The number of pyridine rings is 1. The van der Waals surface area contributed by atoms with Gasteiger partial charge in [0.15, 0.2) is 0 Å². The second-order valence-corrected chi connectivity index (χ2v) is 18.8. The summed E-state index contributed by atoms with van der Waals surface area (Å²) in [6, 6.07) is 10.4. The number of phosphoric acid groups is 3. The lowest BCUT2D eigenvalue weighted by molar-refractivity contribution is -0.339. The number of para-hydroxylation sites is 1. The maximum Gasteiger partial charge on any atom is 0.278 e. The molecule has 5 unspecified atom stereocenters. The van der Waals surface area contributed by atoms with Crippen LogP contribution in [0, 0.1) is 17.8 Å². The number of nitrogens with one attached hydrogen (secondary N) is 3. The Bertz CT molecular complexity index is 2740. The van der Waals surface area contributed by atoms with Gasteiger partial charge >= 0.3 is 0 Å². The highest BCUT2D eigenvalue weighted by Gasteiger charge is 2.38. The number of carboxylic acids is 1. The lowest BCUT2D eigenvalue weighted by Gasteiger charge is -2.37. The Balaban J connectivity index is 0.955. The third-order valence-electron chi connectivity index (χ3n) is 10.0. The summed E-state index contributed by atoms with van der Waals surface area (Å²) in [5.74, 6) is 2.97. The van der Waals surface area contributed by atoms with E-state index in [1.807, 2.05) is 4.90 Å². The van der Waals surface area contributed by atoms with Crippen LogP contribution in [0.25, 0.3) is 21.9 Å². The van der Waals surface area contributed by atoms with Crippen molar-refractivity contribution in [2.75, 3.05) is 35.6 Å². The van der Waals surface area contributed by atoms with Gasteiger partial charge in [0.2, 0.25) is 17.2 Å². The molecule has 0 spiro atoms. The smallest absolute Gasteiger partial charge is 0.278 e. The number of aliphatic carboxylic acids is 1. The van der Waals surface area contributed by atoms with Crippen LogP contribution >= 0.6 is 23.5 Å². The summed E-state index contributed by atoms with van der Waals surface area (Å²) in [5.41, 5.74) is 6.94. The van der Waals surface area contributed by atoms with E-state index in [0.29, 0.717) is 54.6 Å². The van der Waals surface area contributed by atoms with Gasteiger partial charge in [0.25, 0.3) is 21.2 Å². The molecule has 5 N–H and O–H groups in total. The average molecular weight is 917 g/mol. The monoisotopic (exact) mass is 916 g/mol. The van der Waals surface area contributed by atoms with Gasteiger partial charge in [-0.25, -0.2) is 4.31 Å². The van der Waals surface area contributed by atoms with Crippen LogP contribution in [0.15, 0.2) is 56.5 Å². The number of unbranched alkanes of at least 4 members (excludes halogenated alkanes) is 1. The van der Waals surface area contributed by atoms with Crippen LogP contribution in [0.2, 0.25) is 0 Å². The van der Waals surface area contributed by atoms with Crippen LogP contribution in [0.1, 0.15) is 62.0 Å². The van der Waals surface area contributed by atoms with Gasteiger partial charge in [0.05, 0.1) is 48.9 Å². The number of hydrogen-bond donors (Lipinski definition) is 4. The number of aromatic amines is 1. The van der Waals surface area contributed by atoms with Gasteiger partial charge in [-0.15, -0.1) is 0 Å². The number of nitrogens with two attached hydrogens (primary N) is 1. The van der Waals surface area contributed by atoms with E-state index in [1.54, 1.807) is 18.2 Å². The van der Waals surface area contributed by atoms with Crippen molar-refractivity contribution in [3.05, 3.63) is 74.2 Å². The fraction of sp³-hybridized carbons (Fsp3) is 0.378. The lowest BCUT2D eigenvalue weighted by Crippen LogP contribution is -2.32. The molecule has 22 nitrogen and oxygen atoms in total. The molecule has 1 aliphatic heterocycles. The van der Waals surface area contributed by atoms with E-state index >= 15 is 0 Å². The first-order chi connectivity index (χ1) is 29.2. The average Bonchev–Trinajstić information content (AvgIpc) is 3.78. The quantitative estimate of drug-likeness (QED) is 0.0458. The first-order valence-corrected chi connectivity index (χ1v) is 23.3.